The van der Waals surface area contributed by atoms with Crippen molar-refractivity contribution in [1.82, 2.24) is 21.2 Å². The van der Waals surface area contributed by atoms with E-state index in [-0.39, 0.29) is 29.3 Å². The fourth-order valence-corrected chi connectivity index (χ4v) is 4.88. The number of benzene rings is 1. The summed E-state index contributed by atoms with van der Waals surface area (Å²) in [5.74, 6) is 1.63. The molecule has 2 aliphatic heterocycles. The average molecular weight is 370 g/mol. The number of hydrogen-bond donors (Lipinski definition) is 3. The zero-order valence-corrected chi connectivity index (χ0v) is 15.3. The second-order valence-electron chi connectivity index (χ2n) is 6.65. The molecular formula is C19H22N4O2S. The summed E-state index contributed by atoms with van der Waals surface area (Å²) in [7, 11) is 0. The van der Waals surface area contributed by atoms with Crippen LogP contribution < -0.4 is 20.9 Å². The van der Waals surface area contributed by atoms with Crippen molar-refractivity contribution < 1.29 is 9.53 Å². The van der Waals surface area contributed by atoms with Gasteiger partial charge in [0.25, 0.3) is 0 Å². The molecule has 0 aliphatic carbocycles. The van der Waals surface area contributed by atoms with Crippen molar-refractivity contribution in [3.05, 3.63) is 59.9 Å². The second kappa shape index (κ2) is 7.65. The number of aromatic nitrogens is 1. The van der Waals surface area contributed by atoms with E-state index in [0.29, 0.717) is 12.4 Å². The van der Waals surface area contributed by atoms with E-state index >= 15 is 0 Å². The molecular weight excluding hydrogens is 348 g/mol. The molecule has 1 amide bonds. The Morgan fingerprint density at radius 1 is 1.27 bits per heavy atom. The van der Waals surface area contributed by atoms with Crippen LogP contribution in [-0.4, -0.2) is 28.9 Å². The number of hydrazine groups is 1. The van der Waals surface area contributed by atoms with Gasteiger partial charge in [-0.05, 0) is 30.7 Å². The van der Waals surface area contributed by atoms with Gasteiger partial charge >= 0.3 is 0 Å². The van der Waals surface area contributed by atoms with Crippen LogP contribution in [0.2, 0.25) is 0 Å². The Morgan fingerprint density at radius 3 is 3.04 bits per heavy atom. The van der Waals surface area contributed by atoms with Crippen LogP contribution in [0, 0.1) is 5.92 Å². The molecule has 0 bridgehead atoms. The van der Waals surface area contributed by atoms with Crippen molar-refractivity contribution in [3.8, 4) is 5.75 Å². The van der Waals surface area contributed by atoms with Gasteiger partial charge in [-0.3, -0.25) is 15.2 Å². The van der Waals surface area contributed by atoms with Crippen molar-refractivity contribution in [3.63, 3.8) is 0 Å². The highest BCUT2D eigenvalue weighted by Gasteiger charge is 2.42. The summed E-state index contributed by atoms with van der Waals surface area (Å²) in [6.45, 7) is 2.63. The van der Waals surface area contributed by atoms with Crippen molar-refractivity contribution >= 4 is 17.7 Å². The predicted octanol–water partition coefficient (Wildman–Crippen LogP) is 2.00. The smallest absolute Gasteiger partial charge is 0.231 e. The molecule has 2 saturated heterocycles. The van der Waals surface area contributed by atoms with Crippen molar-refractivity contribution in [1.29, 1.82) is 0 Å². The van der Waals surface area contributed by atoms with E-state index in [1.54, 1.807) is 18.0 Å². The Bertz CT molecular complexity index is 773. The number of carbonyl (C=O) groups excluding carboxylic acids is 1. The number of rotatable bonds is 4. The Labute approximate surface area is 157 Å². The molecule has 4 unspecified atom stereocenters. The molecule has 2 aromatic rings. The quantitative estimate of drug-likeness (QED) is 0.764. The fraction of sp³-hybridized carbons (Fsp3) is 0.368. The second-order valence-corrected chi connectivity index (χ2v) is 7.78. The minimum absolute atomic E-state index is 0.0579. The first-order valence-corrected chi connectivity index (χ1v) is 9.79. The molecule has 2 fully saturated rings. The van der Waals surface area contributed by atoms with Gasteiger partial charge in [0.2, 0.25) is 5.91 Å². The van der Waals surface area contributed by atoms with Gasteiger partial charge in [-0.1, -0.05) is 18.2 Å². The molecule has 1 aromatic carbocycles. The zero-order valence-electron chi connectivity index (χ0n) is 14.5. The highest BCUT2D eigenvalue weighted by Crippen LogP contribution is 2.42. The monoisotopic (exact) mass is 370 g/mol. The predicted molar refractivity (Wildman–Crippen MR) is 101 cm³/mol. The number of pyridine rings is 1. The first kappa shape index (κ1) is 17.3. The summed E-state index contributed by atoms with van der Waals surface area (Å²) in [4.78, 5) is 16.1. The lowest BCUT2D eigenvalue weighted by molar-refractivity contribution is -0.119. The molecule has 6 nitrogen and oxygen atoms in total. The number of ether oxygens (including phenoxy) is 1. The standard InChI is InChI=1S/C19H22N4O2S/c1-12-17-18(26-11-16(24)21-19(17)23-22-12)14-5-2-6-15(8-14)25-10-13-4-3-7-20-9-13/h2-9,12,17-19,22-23H,10-11H2,1H3,(H,21,24). The number of hydrogen-bond acceptors (Lipinski definition) is 6. The van der Waals surface area contributed by atoms with Gasteiger partial charge in [0.05, 0.1) is 11.9 Å². The van der Waals surface area contributed by atoms with Gasteiger partial charge in [0.1, 0.15) is 12.4 Å². The molecule has 4 rings (SSSR count). The van der Waals surface area contributed by atoms with Crippen LogP contribution in [0.3, 0.4) is 0 Å². The summed E-state index contributed by atoms with van der Waals surface area (Å²) in [6.07, 6.45) is 3.51. The molecule has 7 heteroatoms. The van der Waals surface area contributed by atoms with Crippen molar-refractivity contribution in [2.75, 3.05) is 5.75 Å². The van der Waals surface area contributed by atoms with Crippen LogP contribution in [0.25, 0.3) is 0 Å². The summed E-state index contributed by atoms with van der Waals surface area (Å²) >= 11 is 1.69. The van der Waals surface area contributed by atoms with Gasteiger partial charge in [0, 0.05) is 35.2 Å². The van der Waals surface area contributed by atoms with Crippen LogP contribution in [0.15, 0.2) is 48.8 Å². The fourth-order valence-electron chi connectivity index (χ4n) is 3.51. The van der Waals surface area contributed by atoms with Crippen LogP contribution >= 0.6 is 11.8 Å². The third-order valence-electron chi connectivity index (χ3n) is 4.80. The summed E-state index contributed by atoms with van der Waals surface area (Å²) in [6, 6.07) is 12.4. The van der Waals surface area contributed by atoms with E-state index in [0.717, 1.165) is 11.3 Å². The number of nitrogens with zero attached hydrogens (tertiary/aromatic N) is 1. The van der Waals surface area contributed by atoms with Gasteiger partial charge in [-0.15, -0.1) is 11.8 Å². The van der Waals surface area contributed by atoms with E-state index in [2.05, 4.69) is 40.2 Å². The molecule has 0 spiro atoms. The number of carbonyl (C=O) groups is 1. The van der Waals surface area contributed by atoms with E-state index in [4.69, 9.17) is 4.74 Å². The maximum absolute atomic E-state index is 12.0. The number of nitrogens with one attached hydrogen (secondary N) is 3. The molecule has 136 valence electrons. The lowest BCUT2D eigenvalue weighted by Crippen LogP contribution is -2.46. The topological polar surface area (TPSA) is 75.3 Å². The number of thioether (sulfide) groups is 1. The molecule has 4 atom stereocenters. The van der Waals surface area contributed by atoms with E-state index in [9.17, 15) is 4.79 Å². The first-order chi connectivity index (χ1) is 12.7. The largest absolute Gasteiger partial charge is 0.489 e. The van der Waals surface area contributed by atoms with Crippen molar-refractivity contribution in [2.24, 2.45) is 5.92 Å². The Balaban J connectivity index is 1.53. The summed E-state index contributed by atoms with van der Waals surface area (Å²) < 4.78 is 5.95. The average Bonchev–Trinajstić information content (AvgIpc) is 2.92. The van der Waals surface area contributed by atoms with Crippen LogP contribution in [0.5, 0.6) is 5.75 Å². The number of fused-ring (bicyclic) bond motifs is 1. The van der Waals surface area contributed by atoms with Crippen LogP contribution in [-0.2, 0) is 11.4 Å². The lowest BCUT2D eigenvalue weighted by atomic mass is 9.91. The molecule has 2 aliphatic rings. The van der Waals surface area contributed by atoms with E-state index in [1.165, 1.54) is 5.56 Å². The highest BCUT2D eigenvalue weighted by molar-refractivity contribution is 8.00. The number of amides is 1. The molecule has 26 heavy (non-hydrogen) atoms. The third-order valence-corrected chi connectivity index (χ3v) is 6.18. The molecule has 3 heterocycles. The third kappa shape index (κ3) is 3.70. The normalized spacial score (nSPS) is 28.1. The molecule has 0 radical (unpaired) electrons. The van der Waals surface area contributed by atoms with Gasteiger partial charge < -0.3 is 10.1 Å². The maximum Gasteiger partial charge on any atom is 0.231 e. The Kier molecular flexibility index (Phi) is 5.10. The Morgan fingerprint density at radius 2 is 2.19 bits per heavy atom. The maximum atomic E-state index is 12.0. The van der Waals surface area contributed by atoms with Crippen molar-refractivity contribution in [2.45, 2.75) is 31.0 Å². The van der Waals surface area contributed by atoms with Gasteiger partial charge in [-0.2, -0.15) is 0 Å². The minimum Gasteiger partial charge on any atom is -0.489 e. The molecule has 1 aromatic heterocycles. The van der Waals surface area contributed by atoms with E-state index < -0.39 is 0 Å². The summed E-state index contributed by atoms with van der Waals surface area (Å²) in [5, 5.41) is 3.27. The van der Waals surface area contributed by atoms with Gasteiger partial charge in [-0.25, -0.2) is 5.43 Å². The summed E-state index contributed by atoms with van der Waals surface area (Å²) in [5.41, 5.74) is 8.68. The van der Waals surface area contributed by atoms with Crippen LogP contribution in [0.1, 0.15) is 23.3 Å². The molecule has 3 N–H and O–H groups in total. The molecule has 0 saturated carbocycles. The highest BCUT2D eigenvalue weighted by atomic mass is 32.2. The van der Waals surface area contributed by atoms with Gasteiger partial charge in [0.15, 0.2) is 0 Å². The zero-order chi connectivity index (χ0) is 17.9. The first-order valence-electron chi connectivity index (χ1n) is 8.74. The SMILES string of the molecule is CC1NNC2NC(=O)CSC(c3cccc(OCc4cccnc4)c3)C12. The Hall–Kier alpha value is -2.09. The van der Waals surface area contributed by atoms with E-state index in [1.807, 2.05) is 30.5 Å². The minimum atomic E-state index is -0.0579. The lowest BCUT2D eigenvalue weighted by Gasteiger charge is -2.27. The van der Waals surface area contributed by atoms with Crippen LogP contribution in [0.4, 0.5) is 0 Å².